The fraction of sp³-hybridized carbons (Fsp3) is 0.364. The average Bonchev–Trinajstić information content (AvgIpc) is 2.82. The number of hydrogen-bond acceptors (Lipinski definition) is 6. The summed E-state index contributed by atoms with van der Waals surface area (Å²) in [7, 11) is 0. The van der Waals surface area contributed by atoms with E-state index >= 15 is 0 Å². The molecular formula is C11H14N6O2. The van der Waals surface area contributed by atoms with Crippen molar-refractivity contribution in [2.75, 3.05) is 11.9 Å². The zero-order valence-electron chi connectivity index (χ0n) is 10.7. The molecule has 0 aromatic carbocycles. The quantitative estimate of drug-likeness (QED) is 0.650. The van der Waals surface area contributed by atoms with Gasteiger partial charge in [-0.3, -0.25) is 10.1 Å². The van der Waals surface area contributed by atoms with Crippen LogP contribution in [-0.2, 0) is 0 Å². The van der Waals surface area contributed by atoms with Crippen molar-refractivity contribution in [2.45, 2.75) is 20.3 Å². The van der Waals surface area contributed by atoms with E-state index in [1.165, 1.54) is 10.9 Å². The van der Waals surface area contributed by atoms with Crippen molar-refractivity contribution in [2.24, 2.45) is 0 Å². The zero-order chi connectivity index (χ0) is 13.8. The Hall–Kier alpha value is -2.51. The molecule has 0 spiro atoms. The van der Waals surface area contributed by atoms with Crippen molar-refractivity contribution in [1.82, 2.24) is 19.7 Å². The molecule has 19 heavy (non-hydrogen) atoms. The van der Waals surface area contributed by atoms with Crippen molar-refractivity contribution in [3.63, 3.8) is 0 Å². The van der Waals surface area contributed by atoms with Gasteiger partial charge in [0, 0.05) is 12.7 Å². The highest BCUT2D eigenvalue weighted by atomic mass is 16.6. The topological polar surface area (TPSA) is 98.8 Å². The molecule has 2 aromatic heterocycles. The summed E-state index contributed by atoms with van der Waals surface area (Å²) in [6.07, 6.45) is 3.74. The SMILES string of the molecule is CCCNc1ncc([N+](=O)[O-])c(-n2ccc(C)n2)n1. The van der Waals surface area contributed by atoms with E-state index in [0.29, 0.717) is 12.5 Å². The smallest absolute Gasteiger partial charge is 0.332 e. The second kappa shape index (κ2) is 5.42. The van der Waals surface area contributed by atoms with Gasteiger partial charge in [-0.25, -0.2) is 9.67 Å². The molecule has 0 saturated carbocycles. The van der Waals surface area contributed by atoms with Crippen LogP contribution in [0, 0.1) is 17.0 Å². The Bertz CT molecular complexity index is 595. The summed E-state index contributed by atoms with van der Waals surface area (Å²) < 4.78 is 1.38. The van der Waals surface area contributed by atoms with Crippen LogP contribution in [0.2, 0.25) is 0 Å². The summed E-state index contributed by atoms with van der Waals surface area (Å²) in [5.41, 5.74) is 0.584. The first kappa shape index (κ1) is 12.9. The largest absolute Gasteiger partial charge is 0.354 e. The molecule has 0 fully saturated rings. The highest BCUT2D eigenvalue weighted by molar-refractivity contribution is 5.48. The van der Waals surface area contributed by atoms with Gasteiger partial charge in [-0.15, -0.1) is 0 Å². The van der Waals surface area contributed by atoms with Crippen LogP contribution >= 0.6 is 0 Å². The van der Waals surface area contributed by atoms with E-state index < -0.39 is 4.92 Å². The van der Waals surface area contributed by atoms with Crippen molar-refractivity contribution in [3.05, 3.63) is 34.3 Å². The number of nitrogens with zero attached hydrogens (tertiary/aromatic N) is 5. The number of aromatic nitrogens is 4. The Morgan fingerprint density at radius 2 is 2.32 bits per heavy atom. The number of nitro groups is 1. The molecule has 8 nitrogen and oxygen atoms in total. The second-order valence-electron chi connectivity index (χ2n) is 3.99. The van der Waals surface area contributed by atoms with Gasteiger partial charge in [0.05, 0.1) is 10.6 Å². The van der Waals surface area contributed by atoms with Gasteiger partial charge < -0.3 is 5.32 Å². The minimum Gasteiger partial charge on any atom is -0.354 e. The molecule has 0 aliphatic heterocycles. The van der Waals surface area contributed by atoms with Crippen molar-refractivity contribution in [1.29, 1.82) is 0 Å². The van der Waals surface area contributed by atoms with E-state index in [1.54, 1.807) is 19.2 Å². The van der Waals surface area contributed by atoms with E-state index in [-0.39, 0.29) is 11.5 Å². The molecule has 0 aliphatic carbocycles. The van der Waals surface area contributed by atoms with E-state index in [9.17, 15) is 10.1 Å². The van der Waals surface area contributed by atoms with Gasteiger partial charge in [-0.2, -0.15) is 10.1 Å². The van der Waals surface area contributed by atoms with Gasteiger partial charge in [0.2, 0.25) is 11.8 Å². The van der Waals surface area contributed by atoms with Gasteiger partial charge in [0.25, 0.3) is 0 Å². The van der Waals surface area contributed by atoms with Gasteiger partial charge >= 0.3 is 5.69 Å². The molecule has 0 radical (unpaired) electrons. The van der Waals surface area contributed by atoms with Crippen LogP contribution in [0.1, 0.15) is 19.0 Å². The lowest BCUT2D eigenvalue weighted by Gasteiger charge is -2.06. The summed E-state index contributed by atoms with van der Waals surface area (Å²) in [4.78, 5) is 18.6. The summed E-state index contributed by atoms with van der Waals surface area (Å²) in [6, 6.07) is 1.75. The monoisotopic (exact) mass is 262 g/mol. The van der Waals surface area contributed by atoms with E-state index in [0.717, 1.165) is 12.1 Å². The summed E-state index contributed by atoms with van der Waals surface area (Å²) in [5.74, 6) is 0.516. The van der Waals surface area contributed by atoms with Crippen LogP contribution in [0.15, 0.2) is 18.5 Å². The maximum atomic E-state index is 11.0. The lowest BCUT2D eigenvalue weighted by molar-refractivity contribution is -0.385. The van der Waals surface area contributed by atoms with Crippen LogP contribution in [0.25, 0.3) is 5.82 Å². The van der Waals surface area contributed by atoms with Crippen LogP contribution in [-0.4, -0.2) is 31.2 Å². The molecule has 100 valence electrons. The fourth-order valence-corrected chi connectivity index (χ4v) is 1.52. The molecule has 0 aliphatic rings. The van der Waals surface area contributed by atoms with Crippen molar-refractivity contribution >= 4 is 11.6 Å². The predicted molar refractivity (Wildman–Crippen MR) is 69.3 cm³/mol. The fourth-order valence-electron chi connectivity index (χ4n) is 1.52. The van der Waals surface area contributed by atoms with Crippen LogP contribution in [0.4, 0.5) is 11.6 Å². The number of aryl methyl sites for hydroxylation is 1. The summed E-state index contributed by atoms with van der Waals surface area (Å²) in [6.45, 7) is 4.52. The van der Waals surface area contributed by atoms with Crippen LogP contribution < -0.4 is 5.32 Å². The highest BCUT2D eigenvalue weighted by Crippen LogP contribution is 2.20. The molecule has 0 bridgehead atoms. The first-order valence-electron chi connectivity index (χ1n) is 5.89. The minimum atomic E-state index is -0.518. The number of anilines is 1. The molecule has 2 aromatic rings. The van der Waals surface area contributed by atoms with Crippen molar-refractivity contribution < 1.29 is 4.92 Å². The molecule has 1 N–H and O–H groups in total. The van der Waals surface area contributed by atoms with Gasteiger partial charge in [0.1, 0.15) is 6.20 Å². The number of rotatable bonds is 5. The van der Waals surface area contributed by atoms with Gasteiger partial charge in [-0.1, -0.05) is 6.92 Å². The Balaban J connectivity index is 2.44. The highest BCUT2D eigenvalue weighted by Gasteiger charge is 2.19. The molecule has 8 heteroatoms. The number of nitrogens with one attached hydrogen (secondary N) is 1. The van der Waals surface area contributed by atoms with Crippen LogP contribution in [0.3, 0.4) is 0 Å². The lowest BCUT2D eigenvalue weighted by atomic mass is 10.4. The first-order chi connectivity index (χ1) is 9.11. The maximum Gasteiger partial charge on any atom is 0.332 e. The van der Waals surface area contributed by atoms with E-state index in [4.69, 9.17) is 0 Å². The van der Waals surface area contributed by atoms with Gasteiger partial charge in [0.15, 0.2) is 0 Å². The molecule has 2 heterocycles. The second-order valence-corrected chi connectivity index (χ2v) is 3.99. The Labute approximate surface area is 109 Å². The standard InChI is InChI=1S/C11H14N6O2/c1-3-5-12-11-13-7-9(17(18)19)10(14-11)16-6-4-8(2)15-16/h4,6-7H,3,5H2,1-2H3,(H,12,13,14). The maximum absolute atomic E-state index is 11.0. The van der Waals surface area contributed by atoms with E-state index in [2.05, 4.69) is 20.4 Å². The molecule has 0 atom stereocenters. The average molecular weight is 262 g/mol. The summed E-state index contributed by atoms with van der Waals surface area (Å²) in [5, 5.41) is 18.1. The molecule has 2 rings (SSSR count). The third kappa shape index (κ3) is 2.84. The molecule has 0 saturated heterocycles. The van der Waals surface area contributed by atoms with Crippen LogP contribution in [0.5, 0.6) is 0 Å². The Morgan fingerprint density at radius 1 is 1.53 bits per heavy atom. The zero-order valence-corrected chi connectivity index (χ0v) is 10.7. The minimum absolute atomic E-state index is 0.159. The normalized spacial score (nSPS) is 10.4. The van der Waals surface area contributed by atoms with Gasteiger partial charge in [-0.05, 0) is 19.4 Å². The Kier molecular flexibility index (Phi) is 3.69. The first-order valence-corrected chi connectivity index (χ1v) is 5.89. The molecular weight excluding hydrogens is 248 g/mol. The van der Waals surface area contributed by atoms with E-state index in [1.807, 2.05) is 6.92 Å². The summed E-state index contributed by atoms with van der Waals surface area (Å²) >= 11 is 0. The van der Waals surface area contributed by atoms with Crippen molar-refractivity contribution in [3.8, 4) is 5.82 Å². The lowest BCUT2D eigenvalue weighted by Crippen LogP contribution is -2.10. The third-order valence-electron chi connectivity index (χ3n) is 2.42. The Morgan fingerprint density at radius 3 is 2.89 bits per heavy atom. The molecule has 0 amide bonds. The third-order valence-corrected chi connectivity index (χ3v) is 2.42. The predicted octanol–water partition coefficient (Wildman–Crippen LogP) is 1.70. The number of hydrogen-bond donors (Lipinski definition) is 1. The molecule has 0 unspecified atom stereocenters.